The van der Waals surface area contributed by atoms with Crippen LogP contribution in [0.3, 0.4) is 0 Å². The van der Waals surface area contributed by atoms with E-state index < -0.39 is 6.09 Å². The topological polar surface area (TPSA) is 52.6 Å². The first kappa shape index (κ1) is 8.33. The summed E-state index contributed by atoms with van der Waals surface area (Å²) in [4.78, 5) is 11.9. The minimum absolute atomic E-state index is 0.505. The van der Waals surface area contributed by atoms with Crippen LogP contribution in [0.5, 0.6) is 0 Å². The van der Waals surface area contributed by atoms with Gasteiger partial charge in [0.1, 0.15) is 0 Å². The van der Waals surface area contributed by atoms with Crippen LogP contribution in [-0.4, -0.2) is 42.3 Å². The van der Waals surface area contributed by atoms with Gasteiger partial charge in [-0.2, -0.15) is 0 Å². The van der Waals surface area contributed by atoms with Gasteiger partial charge >= 0.3 is 6.09 Å². The molecular weight excluding hydrogens is 144 g/mol. The number of piperidine rings is 1. The van der Waals surface area contributed by atoms with Crippen LogP contribution in [0.25, 0.3) is 0 Å². The Labute approximate surface area is 66.2 Å². The molecule has 2 N–H and O–H groups in total. The molecular formula is C7H14N2O2. The Morgan fingerprint density at radius 1 is 1.55 bits per heavy atom. The van der Waals surface area contributed by atoms with E-state index in [1.807, 2.05) is 7.05 Å². The second-order valence-electron chi connectivity index (χ2n) is 2.83. The third-order valence-electron chi connectivity index (χ3n) is 2.17. The van der Waals surface area contributed by atoms with Gasteiger partial charge in [0.15, 0.2) is 0 Å². The van der Waals surface area contributed by atoms with Gasteiger partial charge in [-0.25, -0.2) is 4.79 Å². The molecule has 0 aromatic heterocycles. The fraction of sp³-hybridized carbons (Fsp3) is 0.857. The highest BCUT2D eigenvalue weighted by atomic mass is 16.4. The number of rotatable bonds is 1. The van der Waals surface area contributed by atoms with E-state index in [1.165, 1.54) is 4.90 Å². The molecule has 0 radical (unpaired) electrons. The summed E-state index contributed by atoms with van der Waals surface area (Å²) < 4.78 is 0. The molecule has 0 aromatic rings. The molecule has 1 aliphatic heterocycles. The Kier molecular flexibility index (Phi) is 2.70. The van der Waals surface area contributed by atoms with Crippen molar-refractivity contribution < 1.29 is 9.90 Å². The quantitative estimate of drug-likeness (QED) is 0.579. The molecule has 0 aliphatic carbocycles. The van der Waals surface area contributed by atoms with Crippen LogP contribution in [0.15, 0.2) is 0 Å². The molecule has 0 atom stereocenters. The Morgan fingerprint density at radius 2 is 2.09 bits per heavy atom. The van der Waals surface area contributed by atoms with E-state index in [0.29, 0.717) is 19.1 Å². The van der Waals surface area contributed by atoms with Gasteiger partial charge in [-0.3, -0.25) is 0 Å². The molecule has 0 aromatic carbocycles. The molecule has 1 amide bonds. The van der Waals surface area contributed by atoms with Crippen molar-refractivity contribution in [2.24, 2.45) is 0 Å². The number of amides is 1. The average Bonchev–Trinajstić information content (AvgIpc) is 2.05. The van der Waals surface area contributed by atoms with Crippen LogP contribution in [0.4, 0.5) is 4.79 Å². The minimum Gasteiger partial charge on any atom is -0.465 e. The van der Waals surface area contributed by atoms with E-state index in [1.54, 1.807) is 0 Å². The molecule has 1 rings (SSSR count). The summed E-state index contributed by atoms with van der Waals surface area (Å²) in [6.07, 6.45) is 1.07. The van der Waals surface area contributed by atoms with Crippen molar-refractivity contribution in [1.29, 1.82) is 0 Å². The van der Waals surface area contributed by atoms with E-state index in [9.17, 15) is 4.79 Å². The number of hydrogen-bond donors (Lipinski definition) is 2. The minimum atomic E-state index is -0.792. The molecule has 0 bridgehead atoms. The number of nitrogens with one attached hydrogen (secondary N) is 1. The van der Waals surface area contributed by atoms with Gasteiger partial charge < -0.3 is 15.3 Å². The van der Waals surface area contributed by atoms with Crippen molar-refractivity contribution in [3.63, 3.8) is 0 Å². The van der Waals surface area contributed by atoms with Crippen molar-refractivity contribution in [2.45, 2.75) is 18.9 Å². The number of carboxylic acid groups (broad SMARTS) is 1. The highest BCUT2D eigenvalue weighted by molar-refractivity contribution is 5.65. The second-order valence-corrected chi connectivity index (χ2v) is 2.83. The monoisotopic (exact) mass is 158 g/mol. The van der Waals surface area contributed by atoms with Crippen LogP contribution in [0.2, 0.25) is 0 Å². The highest BCUT2D eigenvalue weighted by Crippen LogP contribution is 2.09. The van der Waals surface area contributed by atoms with Gasteiger partial charge in [0, 0.05) is 19.1 Å². The Bertz CT molecular complexity index is 141. The second kappa shape index (κ2) is 3.57. The van der Waals surface area contributed by atoms with Crippen LogP contribution in [-0.2, 0) is 0 Å². The van der Waals surface area contributed by atoms with Crippen molar-refractivity contribution in [3.8, 4) is 0 Å². The average molecular weight is 158 g/mol. The zero-order valence-electron chi connectivity index (χ0n) is 6.71. The Balaban J connectivity index is 2.30. The first-order chi connectivity index (χ1) is 5.24. The zero-order chi connectivity index (χ0) is 8.27. The fourth-order valence-corrected chi connectivity index (χ4v) is 1.36. The summed E-state index contributed by atoms with van der Waals surface area (Å²) in [6, 6.07) is 0.505. The largest absolute Gasteiger partial charge is 0.465 e. The molecule has 64 valence electrons. The van der Waals surface area contributed by atoms with E-state index >= 15 is 0 Å². The highest BCUT2D eigenvalue weighted by Gasteiger charge is 2.20. The zero-order valence-corrected chi connectivity index (χ0v) is 6.71. The SMILES string of the molecule is CNC1CCN(C(=O)O)CC1. The van der Waals surface area contributed by atoms with Crippen LogP contribution < -0.4 is 5.32 Å². The third kappa shape index (κ3) is 2.08. The predicted octanol–water partition coefficient (Wildman–Crippen LogP) is 0.348. The maximum Gasteiger partial charge on any atom is 0.407 e. The standard InChI is InChI=1S/C7H14N2O2/c1-8-6-2-4-9(5-3-6)7(10)11/h6,8H,2-5H2,1H3,(H,10,11). The third-order valence-corrected chi connectivity index (χ3v) is 2.17. The number of carbonyl (C=O) groups is 1. The lowest BCUT2D eigenvalue weighted by Gasteiger charge is -2.29. The van der Waals surface area contributed by atoms with Crippen LogP contribution >= 0.6 is 0 Å². The first-order valence-corrected chi connectivity index (χ1v) is 3.89. The van der Waals surface area contributed by atoms with E-state index in [-0.39, 0.29) is 0 Å². The predicted molar refractivity (Wildman–Crippen MR) is 41.7 cm³/mol. The summed E-state index contributed by atoms with van der Waals surface area (Å²) in [5.41, 5.74) is 0. The normalized spacial score (nSPS) is 20.3. The maximum absolute atomic E-state index is 10.5. The van der Waals surface area contributed by atoms with Gasteiger partial charge in [-0.05, 0) is 19.9 Å². The Hall–Kier alpha value is -0.770. The summed E-state index contributed by atoms with van der Waals surface area (Å²) in [6.45, 7) is 1.34. The summed E-state index contributed by atoms with van der Waals surface area (Å²) in [5.74, 6) is 0. The van der Waals surface area contributed by atoms with Crippen molar-refractivity contribution >= 4 is 6.09 Å². The maximum atomic E-state index is 10.5. The van der Waals surface area contributed by atoms with Gasteiger partial charge in [0.2, 0.25) is 0 Å². The number of likely N-dealkylation sites (tertiary alicyclic amines) is 1. The molecule has 0 saturated carbocycles. The summed E-state index contributed by atoms with van der Waals surface area (Å²) >= 11 is 0. The van der Waals surface area contributed by atoms with Gasteiger partial charge in [-0.1, -0.05) is 0 Å². The lowest BCUT2D eigenvalue weighted by molar-refractivity contribution is 0.130. The van der Waals surface area contributed by atoms with Crippen LogP contribution in [0.1, 0.15) is 12.8 Å². The van der Waals surface area contributed by atoms with Crippen molar-refractivity contribution in [1.82, 2.24) is 10.2 Å². The van der Waals surface area contributed by atoms with Crippen LogP contribution in [0, 0.1) is 0 Å². The molecule has 0 unspecified atom stereocenters. The first-order valence-electron chi connectivity index (χ1n) is 3.89. The molecule has 1 fully saturated rings. The molecule has 11 heavy (non-hydrogen) atoms. The van der Waals surface area contributed by atoms with E-state index in [4.69, 9.17) is 5.11 Å². The molecule has 1 heterocycles. The van der Waals surface area contributed by atoms with Crippen molar-refractivity contribution in [2.75, 3.05) is 20.1 Å². The van der Waals surface area contributed by atoms with E-state index in [0.717, 1.165) is 12.8 Å². The number of hydrogen-bond acceptors (Lipinski definition) is 2. The summed E-state index contributed by atoms with van der Waals surface area (Å²) in [7, 11) is 1.92. The molecule has 1 aliphatic rings. The fourth-order valence-electron chi connectivity index (χ4n) is 1.36. The molecule has 1 saturated heterocycles. The molecule has 4 heteroatoms. The van der Waals surface area contributed by atoms with Gasteiger partial charge in [0.05, 0.1) is 0 Å². The molecule has 4 nitrogen and oxygen atoms in total. The molecule has 0 spiro atoms. The van der Waals surface area contributed by atoms with E-state index in [2.05, 4.69) is 5.32 Å². The van der Waals surface area contributed by atoms with Crippen molar-refractivity contribution in [3.05, 3.63) is 0 Å². The summed E-state index contributed by atoms with van der Waals surface area (Å²) in [5, 5.41) is 11.7. The number of nitrogens with zero attached hydrogens (tertiary/aromatic N) is 1. The van der Waals surface area contributed by atoms with Gasteiger partial charge in [0.25, 0.3) is 0 Å². The van der Waals surface area contributed by atoms with Gasteiger partial charge in [-0.15, -0.1) is 0 Å². The lowest BCUT2D eigenvalue weighted by atomic mass is 10.1. The lowest BCUT2D eigenvalue weighted by Crippen LogP contribution is -2.43. The smallest absolute Gasteiger partial charge is 0.407 e. The Morgan fingerprint density at radius 3 is 2.45 bits per heavy atom.